The monoisotopic (exact) mass is 388 g/mol. The van der Waals surface area contributed by atoms with E-state index in [9.17, 15) is 14.9 Å². The van der Waals surface area contributed by atoms with Gasteiger partial charge >= 0.3 is 5.97 Å². The average molecular weight is 388 g/mol. The Balaban J connectivity index is 0.00000136. The molecule has 150 valence electrons. The maximum absolute atomic E-state index is 12.0. The Morgan fingerprint density at radius 2 is 2.07 bits per heavy atom. The lowest BCUT2D eigenvalue weighted by Gasteiger charge is -2.14. The van der Waals surface area contributed by atoms with E-state index in [2.05, 4.69) is 4.98 Å². The van der Waals surface area contributed by atoms with Gasteiger partial charge in [-0.15, -0.1) is 0 Å². The molecule has 0 saturated carbocycles. The van der Waals surface area contributed by atoms with E-state index in [1.807, 2.05) is 13.8 Å². The minimum Gasteiger partial charge on any atom is -0.493 e. The maximum Gasteiger partial charge on any atom is 0.306 e. The molecule has 0 aliphatic heterocycles. The van der Waals surface area contributed by atoms with Crippen LogP contribution in [0.4, 0.5) is 0 Å². The second-order valence-corrected chi connectivity index (χ2v) is 5.76. The fourth-order valence-corrected chi connectivity index (χ4v) is 3.11. The third kappa shape index (κ3) is 4.39. The van der Waals surface area contributed by atoms with Crippen molar-refractivity contribution in [1.82, 2.24) is 4.98 Å². The smallest absolute Gasteiger partial charge is 0.306 e. The number of carbonyl (C=O) groups excluding carboxylic acids is 1. The van der Waals surface area contributed by atoms with E-state index in [0.29, 0.717) is 27.9 Å². The molecule has 0 N–H and O–H groups in total. The van der Waals surface area contributed by atoms with Gasteiger partial charge in [0.1, 0.15) is 0 Å². The van der Waals surface area contributed by atoms with E-state index >= 15 is 0 Å². The normalized spacial score (nSPS) is 11.6. The average Bonchev–Trinajstić information content (AvgIpc) is 3.08. The number of benzene rings is 1. The molecule has 0 aliphatic rings. The highest BCUT2D eigenvalue weighted by Gasteiger charge is 2.27. The predicted molar refractivity (Wildman–Crippen MR) is 105 cm³/mol. The van der Waals surface area contributed by atoms with Crippen molar-refractivity contribution >= 4 is 27.9 Å². The number of pyridine rings is 1. The number of methoxy groups -OCH3 is 1. The Kier molecular flexibility index (Phi) is 7.31. The number of carbonyl (C=O) groups is 1. The number of aromatic nitrogens is 1. The van der Waals surface area contributed by atoms with Crippen LogP contribution in [0.25, 0.3) is 21.9 Å². The fourth-order valence-electron chi connectivity index (χ4n) is 3.11. The molecule has 0 radical (unpaired) electrons. The molecule has 2 aromatic heterocycles. The molecule has 0 fully saturated rings. The highest BCUT2D eigenvalue weighted by molar-refractivity contribution is 6.08. The van der Waals surface area contributed by atoms with Crippen molar-refractivity contribution in [2.45, 2.75) is 33.1 Å². The first-order valence-electron chi connectivity index (χ1n) is 9.15. The van der Waals surface area contributed by atoms with Crippen LogP contribution in [0, 0.1) is 10.1 Å². The summed E-state index contributed by atoms with van der Waals surface area (Å²) in [5.41, 5.74) is 1.67. The van der Waals surface area contributed by atoms with Gasteiger partial charge in [-0.2, -0.15) is 0 Å². The standard InChI is InChI=1S/C18H18N2O6.C2H6/c1-3-25-16(21)8-11(10-20(22)23)12-4-5-14(24-2)18-17(12)13-6-7-19-9-15(13)26-18;1-2/h4-7,9,11H,3,8,10H2,1-2H3;1-2H3. The van der Waals surface area contributed by atoms with Crippen LogP contribution in [0.1, 0.15) is 38.7 Å². The zero-order chi connectivity index (χ0) is 20.7. The van der Waals surface area contributed by atoms with E-state index in [4.69, 9.17) is 13.9 Å². The molecule has 3 aromatic rings. The second kappa shape index (κ2) is 9.68. The van der Waals surface area contributed by atoms with Crippen LogP contribution in [0.2, 0.25) is 0 Å². The number of nitro groups is 1. The lowest BCUT2D eigenvalue weighted by molar-refractivity contribution is -0.483. The first-order chi connectivity index (χ1) is 13.5. The van der Waals surface area contributed by atoms with Crippen molar-refractivity contribution in [2.24, 2.45) is 0 Å². The van der Waals surface area contributed by atoms with Crippen LogP contribution < -0.4 is 4.74 Å². The number of fused-ring (bicyclic) bond motifs is 3. The van der Waals surface area contributed by atoms with Gasteiger partial charge in [0.2, 0.25) is 6.54 Å². The molecule has 1 unspecified atom stereocenters. The van der Waals surface area contributed by atoms with E-state index in [1.54, 1.807) is 37.5 Å². The zero-order valence-corrected chi connectivity index (χ0v) is 16.4. The Bertz CT molecular complexity index is 966. The highest BCUT2D eigenvalue weighted by Crippen LogP contribution is 2.40. The van der Waals surface area contributed by atoms with Crippen molar-refractivity contribution in [3.8, 4) is 5.75 Å². The number of furan rings is 1. The second-order valence-electron chi connectivity index (χ2n) is 5.76. The van der Waals surface area contributed by atoms with Crippen molar-refractivity contribution < 1.29 is 23.6 Å². The summed E-state index contributed by atoms with van der Waals surface area (Å²) in [4.78, 5) is 26.8. The molecule has 8 heteroatoms. The molecule has 0 amide bonds. The number of rotatable bonds is 7. The van der Waals surface area contributed by atoms with Gasteiger partial charge in [0.25, 0.3) is 0 Å². The summed E-state index contributed by atoms with van der Waals surface area (Å²) >= 11 is 0. The van der Waals surface area contributed by atoms with Gasteiger partial charge in [0.15, 0.2) is 16.9 Å². The lowest BCUT2D eigenvalue weighted by atomic mass is 9.91. The zero-order valence-electron chi connectivity index (χ0n) is 16.4. The molecule has 2 heterocycles. The molecule has 3 rings (SSSR count). The molecule has 28 heavy (non-hydrogen) atoms. The van der Waals surface area contributed by atoms with Crippen LogP contribution >= 0.6 is 0 Å². The lowest BCUT2D eigenvalue weighted by Crippen LogP contribution is -2.18. The van der Waals surface area contributed by atoms with Gasteiger partial charge in [0, 0.05) is 21.9 Å². The molecule has 0 bridgehead atoms. The Hall–Kier alpha value is -3.16. The largest absolute Gasteiger partial charge is 0.493 e. The summed E-state index contributed by atoms with van der Waals surface area (Å²) in [6.07, 6.45) is 3.11. The molecule has 1 atom stereocenters. The predicted octanol–water partition coefficient (Wildman–Crippen LogP) is 4.33. The van der Waals surface area contributed by atoms with Crippen LogP contribution in [-0.2, 0) is 9.53 Å². The first kappa shape index (κ1) is 21.1. The Labute approximate surface area is 162 Å². The molecule has 0 saturated heterocycles. The number of nitrogens with zero attached hydrogens (tertiary/aromatic N) is 2. The highest BCUT2D eigenvalue weighted by atomic mass is 16.6. The van der Waals surface area contributed by atoms with E-state index in [1.165, 1.54) is 7.11 Å². The summed E-state index contributed by atoms with van der Waals surface area (Å²) in [7, 11) is 1.52. The maximum atomic E-state index is 12.0. The van der Waals surface area contributed by atoms with E-state index in [0.717, 1.165) is 5.39 Å². The summed E-state index contributed by atoms with van der Waals surface area (Å²) in [5, 5.41) is 12.6. The van der Waals surface area contributed by atoms with Crippen molar-refractivity contribution in [3.05, 3.63) is 46.3 Å². The van der Waals surface area contributed by atoms with Gasteiger partial charge in [-0.25, -0.2) is 0 Å². The molecular weight excluding hydrogens is 364 g/mol. The molecule has 8 nitrogen and oxygen atoms in total. The van der Waals surface area contributed by atoms with E-state index < -0.39 is 23.4 Å². The van der Waals surface area contributed by atoms with Crippen molar-refractivity contribution in [3.63, 3.8) is 0 Å². The third-order valence-corrected chi connectivity index (χ3v) is 4.17. The van der Waals surface area contributed by atoms with Crippen LogP contribution in [-0.4, -0.2) is 36.1 Å². The van der Waals surface area contributed by atoms with Gasteiger partial charge in [0.05, 0.1) is 32.3 Å². The first-order valence-corrected chi connectivity index (χ1v) is 9.15. The van der Waals surface area contributed by atoms with Gasteiger partial charge in [-0.1, -0.05) is 19.9 Å². The van der Waals surface area contributed by atoms with Crippen LogP contribution in [0.3, 0.4) is 0 Å². The Morgan fingerprint density at radius 1 is 1.32 bits per heavy atom. The number of hydrogen-bond donors (Lipinski definition) is 0. The number of ether oxygens (including phenoxy) is 2. The summed E-state index contributed by atoms with van der Waals surface area (Å²) in [5.74, 6) is -0.611. The number of hydrogen-bond acceptors (Lipinski definition) is 7. The summed E-state index contributed by atoms with van der Waals surface area (Å²) in [6, 6.07) is 5.20. The molecule has 0 aliphatic carbocycles. The minimum atomic E-state index is -0.647. The van der Waals surface area contributed by atoms with Crippen LogP contribution in [0.15, 0.2) is 35.0 Å². The number of esters is 1. The quantitative estimate of drug-likeness (QED) is 0.337. The summed E-state index contributed by atoms with van der Waals surface area (Å²) in [6.45, 7) is 5.53. The van der Waals surface area contributed by atoms with Gasteiger partial charge < -0.3 is 13.9 Å². The SMILES string of the molecule is CC.CCOC(=O)CC(C[N+](=O)[O-])c1ccc(OC)c2oc3cnccc3c12. The topological polar surface area (TPSA) is 105 Å². The fraction of sp³-hybridized carbons (Fsp3) is 0.400. The molecular formula is C20H24N2O6. The van der Waals surface area contributed by atoms with Crippen LogP contribution in [0.5, 0.6) is 5.75 Å². The van der Waals surface area contributed by atoms with Gasteiger partial charge in [-0.3, -0.25) is 19.9 Å². The van der Waals surface area contributed by atoms with Crippen molar-refractivity contribution in [1.29, 1.82) is 0 Å². The third-order valence-electron chi connectivity index (χ3n) is 4.17. The van der Waals surface area contributed by atoms with Gasteiger partial charge in [-0.05, 0) is 24.6 Å². The molecule has 0 spiro atoms. The minimum absolute atomic E-state index is 0.0893. The molecule has 1 aromatic carbocycles. The summed E-state index contributed by atoms with van der Waals surface area (Å²) < 4.78 is 16.2. The van der Waals surface area contributed by atoms with E-state index in [-0.39, 0.29) is 13.0 Å². The Morgan fingerprint density at radius 3 is 2.71 bits per heavy atom. The van der Waals surface area contributed by atoms with Crippen molar-refractivity contribution in [2.75, 3.05) is 20.3 Å².